The minimum atomic E-state index is -0.230. The monoisotopic (exact) mass is 234 g/mol. The van der Waals surface area contributed by atoms with Crippen LogP contribution in [-0.4, -0.2) is 28.0 Å². The van der Waals surface area contributed by atoms with E-state index in [1.807, 2.05) is 0 Å². The molecule has 0 saturated heterocycles. The highest BCUT2D eigenvalue weighted by atomic mass is 16.6. The van der Waals surface area contributed by atoms with Gasteiger partial charge in [0.25, 0.3) is 0 Å². The predicted octanol–water partition coefficient (Wildman–Crippen LogP) is 0.962. The number of aryl methyl sites for hydroxylation is 1. The van der Waals surface area contributed by atoms with E-state index < -0.39 is 0 Å². The molecule has 0 saturated carbocycles. The number of hydrogen-bond donors (Lipinski definition) is 2. The molecule has 0 aliphatic carbocycles. The lowest BCUT2D eigenvalue weighted by atomic mass is 10.1. The fourth-order valence-electron chi connectivity index (χ4n) is 1.17. The van der Waals surface area contributed by atoms with E-state index in [0.717, 1.165) is 0 Å². The Morgan fingerprint density at radius 3 is 3.06 bits per heavy atom. The van der Waals surface area contributed by atoms with E-state index in [-0.39, 0.29) is 12.4 Å². The molecule has 1 aromatic rings. The zero-order valence-electron chi connectivity index (χ0n) is 9.55. The molecular formula is C12H14N2O3. The summed E-state index contributed by atoms with van der Waals surface area (Å²) in [6.07, 6.45) is 8.34. The number of aromatic hydroxyl groups is 1. The maximum atomic E-state index is 9.76. The molecule has 17 heavy (non-hydrogen) atoms. The van der Waals surface area contributed by atoms with Crippen LogP contribution in [0.25, 0.3) is 0 Å². The van der Waals surface area contributed by atoms with Gasteiger partial charge < -0.3 is 15.1 Å². The molecule has 0 aliphatic heterocycles. The summed E-state index contributed by atoms with van der Waals surface area (Å²) in [5.74, 6) is 2.40. The van der Waals surface area contributed by atoms with Crippen LogP contribution < -0.4 is 0 Å². The van der Waals surface area contributed by atoms with Crippen molar-refractivity contribution in [3.63, 3.8) is 0 Å². The number of oxime groups is 1. The van der Waals surface area contributed by atoms with Crippen LogP contribution in [-0.2, 0) is 11.4 Å². The zero-order valence-corrected chi connectivity index (χ0v) is 9.55. The predicted molar refractivity (Wildman–Crippen MR) is 63.6 cm³/mol. The van der Waals surface area contributed by atoms with E-state index in [0.29, 0.717) is 29.8 Å². The second kappa shape index (κ2) is 6.51. The molecule has 1 rings (SSSR count). The summed E-state index contributed by atoms with van der Waals surface area (Å²) < 4.78 is 0. The van der Waals surface area contributed by atoms with Crippen molar-refractivity contribution in [3.05, 3.63) is 23.0 Å². The molecule has 0 amide bonds. The second-order valence-corrected chi connectivity index (χ2v) is 3.31. The van der Waals surface area contributed by atoms with Crippen LogP contribution in [0.3, 0.4) is 0 Å². The van der Waals surface area contributed by atoms with Gasteiger partial charge in [0.2, 0.25) is 0 Å². The van der Waals surface area contributed by atoms with Crippen molar-refractivity contribution in [2.75, 3.05) is 6.61 Å². The van der Waals surface area contributed by atoms with E-state index in [2.05, 4.69) is 16.1 Å². The minimum absolute atomic E-state index is 0.0131. The van der Waals surface area contributed by atoms with Crippen LogP contribution in [0.2, 0.25) is 0 Å². The molecule has 5 heteroatoms. The van der Waals surface area contributed by atoms with E-state index >= 15 is 0 Å². The lowest BCUT2D eigenvalue weighted by Crippen LogP contribution is -1.98. The van der Waals surface area contributed by atoms with Gasteiger partial charge in [-0.1, -0.05) is 5.16 Å². The second-order valence-electron chi connectivity index (χ2n) is 3.31. The molecule has 0 bridgehead atoms. The molecule has 90 valence electrons. The van der Waals surface area contributed by atoms with Crippen molar-refractivity contribution in [2.24, 2.45) is 5.16 Å². The highest BCUT2D eigenvalue weighted by Crippen LogP contribution is 2.21. The Morgan fingerprint density at radius 2 is 2.41 bits per heavy atom. The van der Waals surface area contributed by atoms with Gasteiger partial charge in [0.05, 0.1) is 18.5 Å². The summed E-state index contributed by atoms with van der Waals surface area (Å²) in [6.45, 7) is 1.74. The fourth-order valence-corrected chi connectivity index (χ4v) is 1.17. The first kappa shape index (κ1) is 13.0. The van der Waals surface area contributed by atoms with Crippen LogP contribution in [0.5, 0.6) is 5.75 Å². The minimum Gasteiger partial charge on any atom is -0.505 e. The standard InChI is InChI=1S/C12H14N2O3/c1-3-4-5-17-14-7-11-10(8-15)6-13-9(2)12(11)16/h1,6-7,15-16H,4-5,8H2,2H3/b14-7+. The molecule has 0 fully saturated rings. The molecular weight excluding hydrogens is 220 g/mol. The van der Waals surface area contributed by atoms with Crippen LogP contribution in [0.15, 0.2) is 11.4 Å². The Balaban J connectivity index is 2.82. The van der Waals surface area contributed by atoms with Gasteiger partial charge in [0, 0.05) is 23.7 Å². The van der Waals surface area contributed by atoms with Crippen LogP contribution in [0.1, 0.15) is 23.2 Å². The quantitative estimate of drug-likeness (QED) is 0.344. The number of pyridine rings is 1. The lowest BCUT2D eigenvalue weighted by Gasteiger charge is -2.06. The van der Waals surface area contributed by atoms with Crippen molar-refractivity contribution >= 4 is 6.21 Å². The number of aromatic nitrogens is 1. The van der Waals surface area contributed by atoms with Crippen LogP contribution in [0, 0.1) is 19.3 Å². The summed E-state index contributed by atoms with van der Waals surface area (Å²) in [5, 5.41) is 22.5. The van der Waals surface area contributed by atoms with Crippen molar-refractivity contribution < 1.29 is 15.1 Å². The Bertz CT molecular complexity index is 450. The maximum absolute atomic E-state index is 9.76. The normalized spacial score (nSPS) is 10.4. The first-order valence-corrected chi connectivity index (χ1v) is 5.07. The fraction of sp³-hybridized carbons (Fsp3) is 0.333. The van der Waals surface area contributed by atoms with Crippen molar-refractivity contribution in [1.82, 2.24) is 4.98 Å². The molecule has 0 spiro atoms. The number of aliphatic hydroxyl groups excluding tert-OH is 1. The third kappa shape index (κ3) is 3.47. The van der Waals surface area contributed by atoms with Gasteiger partial charge >= 0.3 is 0 Å². The smallest absolute Gasteiger partial charge is 0.146 e. The zero-order chi connectivity index (χ0) is 12.7. The van der Waals surface area contributed by atoms with Crippen molar-refractivity contribution in [1.29, 1.82) is 0 Å². The van der Waals surface area contributed by atoms with Crippen molar-refractivity contribution in [2.45, 2.75) is 20.0 Å². The van der Waals surface area contributed by atoms with Gasteiger partial charge in [-0.15, -0.1) is 12.3 Å². The first-order chi connectivity index (χ1) is 8.20. The van der Waals surface area contributed by atoms with Gasteiger partial charge in [-0.25, -0.2) is 0 Å². The van der Waals surface area contributed by atoms with E-state index in [1.165, 1.54) is 12.4 Å². The average Bonchev–Trinajstić information content (AvgIpc) is 2.34. The number of aliphatic hydroxyl groups is 1. The molecule has 0 aliphatic rings. The highest BCUT2D eigenvalue weighted by Gasteiger charge is 2.09. The topological polar surface area (TPSA) is 74.9 Å². The number of nitrogens with zero attached hydrogens (tertiary/aromatic N) is 2. The average molecular weight is 234 g/mol. The van der Waals surface area contributed by atoms with Gasteiger partial charge in [-0.3, -0.25) is 4.98 Å². The summed E-state index contributed by atoms with van der Waals surface area (Å²) in [7, 11) is 0. The van der Waals surface area contributed by atoms with Gasteiger partial charge in [0.15, 0.2) is 0 Å². The Hall–Kier alpha value is -2.06. The largest absolute Gasteiger partial charge is 0.505 e. The number of terminal acetylenes is 1. The lowest BCUT2D eigenvalue weighted by molar-refractivity contribution is 0.152. The number of rotatable bonds is 5. The molecule has 2 N–H and O–H groups in total. The van der Waals surface area contributed by atoms with E-state index in [4.69, 9.17) is 16.4 Å². The Morgan fingerprint density at radius 1 is 1.65 bits per heavy atom. The molecule has 1 heterocycles. The first-order valence-electron chi connectivity index (χ1n) is 5.07. The van der Waals surface area contributed by atoms with Crippen LogP contribution in [0.4, 0.5) is 0 Å². The summed E-state index contributed by atoms with van der Waals surface area (Å²) in [4.78, 5) is 8.81. The third-order valence-electron chi connectivity index (χ3n) is 2.12. The molecule has 0 unspecified atom stereocenters. The third-order valence-corrected chi connectivity index (χ3v) is 2.12. The summed E-state index contributed by atoms with van der Waals surface area (Å²) in [5.41, 5.74) is 1.35. The van der Waals surface area contributed by atoms with Gasteiger partial charge in [-0.2, -0.15) is 0 Å². The Labute approximate surface area is 99.8 Å². The van der Waals surface area contributed by atoms with Gasteiger partial charge in [0.1, 0.15) is 12.4 Å². The van der Waals surface area contributed by atoms with E-state index in [1.54, 1.807) is 6.92 Å². The summed E-state index contributed by atoms with van der Waals surface area (Å²) in [6, 6.07) is 0. The molecule has 5 nitrogen and oxygen atoms in total. The summed E-state index contributed by atoms with van der Waals surface area (Å²) >= 11 is 0. The van der Waals surface area contributed by atoms with Crippen molar-refractivity contribution in [3.8, 4) is 18.1 Å². The molecule has 0 atom stereocenters. The molecule has 1 aromatic heterocycles. The molecule has 0 aromatic carbocycles. The Kier molecular flexibility index (Phi) is 4.98. The number of hydrogen-bond acceptors (Lipinski definition) is 5. The van der Waals surface area contributed by atoms with Gasteiger partial charge in [-0.05, 0) is 6.92 Å². The van der Waals surface area contributed by atoms with Crippen LogP contribution >= 0.6 is 0 Å². The van der Waals surface area contributed by atoms with E-state index in [9.17, 15) is 5.11 Å². The SMILES string of the molecule is C#CCCO/N=C/c1c(CO)cnc(C)c1O. The molecule has 0 radical (unpaired) electrons. The maximum Gasteiger partial charge on any atom is 0.146 e. The highest BCUT2D eigenvalue weighted by molar-refractivity contribution is 5.85.